The zero-order valence-corrected chi connectivity index (χ0v) is 6.97. The number of hydrogen-bond acceptors (Lipinski definition) is 3. The molecule has 0 amide bonds. The molecule has 3 heteroatoms. The molecule has 1 unspecified atom stereocenters. The van der Waals surface area contributed by atoms with Crippen LogP contribution < -0.4 is 10.6 Å². The summed E-state index contributed by atoms with van der Waals surface area (Å²) in [6.45, 7) is 7.26. The predicted octanol–water partition coefficient (Wildman–Crippen LogP) is -0.746. The van der Waals surface area contributed by atoms with Gasteiger partial charge in [0.15, 0.2) is 0 Å². The Kier molecular flexibility index (Phi) is 2.41. The largest absolute Gasteiger partial charge is 0.315 e. The molecule has 0 radical (unpaired) electrons. The van der Waals surface area contributed by atoms with E-state index in [-0.39, 0.29) is 0 Å². The third kappa shape index (κ3) is 1.72. The molecule has 0 aliphatic carbocycles. The smallest absolute Gasteiger partial charge is 0.0233 e. The van der Waals surface area contributed by atoms with Crippen LogP contribution in [0.1, 0.15) is 6.42 Å². The first-order chi connectivity index (χ1) is 5.47. The molecule has 1 atom stereocenters. The molecule has 2 fully saturated rings. The Labute approximate surface area is 68.1 Å². The van der Waals surface area contributed by atoms with Crippen molar-refractivity contribution in [1.82, 2.24) is 15.5 Å². The molecule has 0 aromatic carbocycles. The predicted molar refractivity (Wildman–Crippen MR) is 45.7 cm³/mol. The summed E-state index contributed by atoms with van der Waals surface area (Å²) in [5.74, 6) is 0. The molecule has 0 spiro atoms. The van der Waals surface area contributed by atoms with Gasteiger partial charge >= 0.3 is 0 Å². The molecule has 2 aliphatic heterocycles. The average Bonchev–Trinajstić information content (AvgIpc) is 2.58. The second kappa shape index (κ2) is 3.52. The number of piperazine rings is 1. The van der Waals surface area contributed by atoms with Crippen molar-refractivity contribution in [2.45, 2.75) is 12.5 Å². The van der Waals surface area contributed by atoms with Crippen molar-refractivity contribution in [3.8, 4) is 0 Å². The van der Waals surface area contributed by atoms with Crippen LogP contribution in [0.3, 0.4) is 0 Å². The molecular weight excluding hydrogens is 138 g/mol. The van der Waals surface area contributed by atoms with Crippen molar-refractivity contribution in [2.75, 3.05) is 39.3 Å². The first kappa shape index (κ1) is 7.53. The van der Waals surface area contributed by atoms with Gasteiger partial charge in [0.05, 0.1) is 0 Å². The molecule has 0 aromatic rings. The Bertz CT molecular complexity index is 115. The van der Waals surface area contributed by atoms with Gasteiger partial charge < -0.3 is 10.6 Å². The summed E-state index contributed by atoms with van der Waals surface area (Å²) in [7, 11) is 0. The molecule has 0 saturated carbocycles. The van der Waals surface area contributed by atoms with Crippen LogP contribution in [0.25, 0.3) is 0 Å². The first-order valence-corrected chi connectivity index (χ1v) is 4.62. The zero-order valence-electron chi connectivity index (χ0n) is 6.97. The molecule has 0 aromatic heterocycles. The Morgan fingerprint density at radius 1 is 1.00 bits per heavy atom. The summed E-state index contributed by atoms with van der Waals surface area (Å²) in [5.41, 5.74) is 0. The van der Waals surface area contributed by atoms with Gasteiger partial charge in [-0.2, -0.15) is 0 Å². The second-order valence-corrected chi connectivity index (χ2v) is 3.43. The lowest BCUT2D eigenvalue weighted by molar-refractivity contribution is 0.184. The van der Waals surface area contributed by atoms with E-state index in [1.807, 2.05) is 0 Å². The van der Waals surface area contributed by atoms with Gasteiger partial charge in [-0.05, 0) is 13.0 Å². The fraction of sp³-hybridized carbons (Fsp3) is 1.00. The number of hydrogen-bond donors (Lipinski definition) is 2. The molecule has 2 aliphatic rings. The number of rotatable bonds is 1. The molecule has 64 valence electrons. The average molecular weight is 155 g/mol. The zero-order chi connectivity index (χ0) is 7.52. The maximum atomic E-state index is 3.41. The standard InChI is InChI=1S/C8H17N3/c1-2-10-7-8(1)11-5-3-9-4-6-11/h8-10H,1-7H2. The van der Waals surface area contributed by atoms with Crippen molar-refractivity contribution in [3.05, 3.63) is 0 Å². The van der Waals surface area contributed by atoms with E-state index in [1.54, 1.807) is 0 Å². The third-order valence-corrected chi connectivity index (χ3v) is 2.70. The van der Waals surface area contributed by atoms with Gasteiger partial charge in [-0.15, -0.1) is 0 Å². The highest BCUT2D eigenvalue weighted by Crippen LogP contribution is 2.08. The molecule has 2 saturated heterocycles. The van der Waals surface area contributed by atoms with E-state index in [1.165, 1.54) is 45.7 Å². The lowest BCUT2D eigenvalue weighted by Crippen LogP contribution is -2.49. The van der Waals surface area contributed by atoms with E-state index in [9.17, 15) is 0 Å². The summed E-state index contributed by atoms with van der Waals surface area (Å²) in [4.78, 5) is 2.61. The summed E-state index contributed by atoms with van der Waals surface area (Å²) >= 11 is 0. The Balaban J connectivity index is 1.82. The maximum Gasteiger partial charge on any atom is 0.0233 e. The van der Waals surface area contributed by atoms with E-state index in [0.717, 1.165) is 6.04 Å². The molecular formula is C8H17N3. The number of nitrogens with one attached hydrogen (secondary N) is 2. The lowest BCUT2D eigenvalue weighted by Gasteiger charge is -2.32. The Morgan fingerprint density at radius 3 is 2.45 bits per heavy atom. The third-order valence-electron chi connectivity index (χ3n) is 2.70. The van der Waals surface area contributed by atoms with Crippen molar-refractivity contribution in [1.29, 1.82) is 0 Å². The van der Waals surface area contributed by atoms with Crippen LogP contribution in [-0.2, 0) is 0 Å². The lowest BCUT2D eigenvalue weighted by atomic mass is 10.2. The molecule has 0 bridgehead atoms. The van der Waals surface area contributed by atoms with Crippen LogP contribution in [-0.4, -0.2) is 50.2 Å². The Hall–Kier alpha value is -0.120. The van der Waals surface area contributed by atoms with Crippen molar-refractivity contribution < 1.29 is 0 Å². The highest BCUT2D eigenvalue weighted by Gasteiger charge is 2.22. The van der Waals surface area contributed by atoms with Crippen LogP contribution >= 0.6 is 0 Å². The minimum absolute atomic E-state index is 0.831. The molecule has 2 N–H and O–H groups in total. The van der Waals surface area contributed by atoms with E-state index in [0.29, 0.717) is 0 Å². The molecule has 3 nitrogen and oxygen atoms in total. The van der Waals surface area contributed by atoms with Crippen LogP contribution in [0.4, 0.5) is 0 Å². The van der Waals surface area contributed by atoms with Gasteiger partial charge in [-0.3, -0.25) is 4.90 Å². The first-order valence-electron chi connectivity index (χ1n) is 4.62. The highest BCUT2D eigenvalue weighted by atomic mass is 15.2. The van der Waals surface area contributed by atoms with Crippen molar-refractivity contribution in [2.24, 2.45) is 0 Å². The fourth-order valence-electron chi connectivity index (χ4n) is 2.00. The Morgan fingerprint density at radius 2 is 1.82 bits per heavy atom. The summed E-state index contributed by atoms with van der Waals surface area (Å²) < 4.78 is 0. The minimum Gasteiger partial charge on any atom is -0.315 e. The van der Waals surface area contributed by atoms with E-state index < -0.39 is 0 Å². The van der Waals surface area contributed by atoms with E-state index in [4.69, 9.17) is 0 Å². The highest BCUT2D eigenvalue weighted by molar-refractivity contribution is 4.82. The van der Waals surface area contributed by atoms with Crippen molar-refractivity contribution >= 4 is 0 Å². The fourth-order valence-corrected chi connectivity index (χ4v) is 2.00. The van der Waals surface area contributed by atoms with Gasteiger partial charge in [0.2, 0.25) is 0 Å². The summed E-state index contributed by atoms with van der Waals surface area (Å²) in [6.07, 6.45) is 1.35. The van der Waals surface area contributed by atoms with Crippen LogP contribution in [0.5, 0.6) is 0 Å². The SMILES string of the molecule is C1CN(C2CCNC2)CCN1. The van der Waals surface area contributed by atoms with Gasteiger partial charge in [-0.1, -0.05) is 0 Å². The quantitative estimate of drug-likeness (QED) is 0.522. The molecule has 11 heavy (non-hydrogen) atoms. The second-order valence-electron chi connectivity index (χ2n) is 3.43. The van der Waals surface area contributed by atoms with Gasteiger partial charge in [0.1, 0.15) is 0 Å². The maximum absolute atomic E-state index is 3.41. The van der Waals surface area contributed by atoms with Gasteiger partial charge in [-0.25, -0.2) is 0 Å². The normalized spacial score (nSPS) is 34.4. The van der Waals surface area contributed by atoms with Crippen molar-refractivity contribution in [3.63, 3.8) is 0 Å². The van der Waals surface area contributed by atoms with Gasteiger partial charge in [0, 0.05) is 38.8 Å². The molecule has 2 rings (SSSR count). The summed E-state index contributed by atoms with van der Waals surface area (Å²) in [6, 6.07) is 0.831. The summed E-state index contributed by atoms with van der Waals surface area (Å²) in [5, 5.41) is 6.78. The minimum atomic E-state index is 0.831. The monoisotopic (exact) mass is 155 g/mol. The topological polar surface area (TPSA) is 27.3 Å². The van der Waals surface area contributed by atoms with Gasteiger partial charge in [0.25, 0.3) is 0 Å². The van der Waals surface area contributed by atoms with E-state index >= 15 is 0 Å². The van der Waals surface area contributed by atoms with Crippen LogP contribution in [0.15, 0.2) is 0 Å². The number of nitrogens with zero attached hydrogens (tertiary/aromatic N) is 1. The van der Waals surface area contributed by atoms with E-state index in [2.05, 4.69) is 15.5 Å². The molecule has 2 heterocycles. The van der Waals surface area contributed by atoms with Crippen LogP contribution in [0, 0.1) is 0 Å². The van der Waals surface area contributed by atoms with Crippen LogP contribution in [0.2, 0.25) is 0 Å².